The Hall–Kier alpha value is -9.07. The number of carbonyl (C=O) groups is 8. The number of halogens is 8. The maximum Gasteiger partial charge on any atom is 0.321 e. The standard InChI is InChI=1S/C29H32ClF3N8O4.C23H20ClFN8O4.C6H12F2N2/c30-21-3-1-2-17(26(21)33)13-35-24(42)15-40(19-5-6-19)25(43)16-41-22-7-4-18(12-20(22)27(37-41)28(34)44)36-29(45)39-10-8-38(9-11-39)14-23(31)32;24-16-3-1-2-13(20(16)25)9-28-18(34)10-32(14-5-6-14)19(35)11-33-17-7-4-12(23(37)29-31-27)8-15(17)21(30-33)22(26)36;7-6(8)5-10-3-1-9-2-4-10/h1-4,7,12,19,23H,5-6,8-11,13-16H2,(H2,34,44)(H,35,42)(H,36,45);1-4,7-8,14H,5-6,9-11H2,(H2,26,36)(H,28,34);6,9H,1-5H2. The summed E-state index contributed by atoms with van der Waals surface area (Å²) in [6.07, 6.45) is -1.74. The van der Waals surface area contributed by atoms with Crippen LogP contribution in [0.25, 0.3) is 32.2 Å². The topological polar surface area (TPSA) is 337 Å². The Morgan fingerprint density at radius 3 is 1.55 bits per heavy atom. The zero-order valence-corrected chi connectivity index (χ0v) is 50.7. The molecule has 0 atom stereocenters. The van der Waals surface area contributed by atoms with Crippen molar-refractivity contribution in [1.29, 1.82) is 0 Å². The van der Waals surface area contributed by atoms with Crippen molar-refractivity contribution in [2.24, 2.45) is 16.6 Å². The van der Waals surface area contributed by atoms with Gasteiger partial charge in [-0.05, 0) is 84.9 Å². The van der Waals surface area contributed by atoms with E-state index in [2.05, 4.69) is 41.5 Å². The van der Waals surface area contributed by atoms with E-state index in [0.717, 1.165) is 51.9 Å². The summed E-state index contributed by atoms with van der Waals surface area (Å²) >= 11 is 11.6. The second-order valence-corrected chi connectivity index (χ2v) is 22.5. The number of nitrogens with two attached hydrogens (primary N) is 2. The lowest BCUT2D eigenvalue weighted by molar-refractivity contribution is -0.137. The third-order valence-electron chi connectivity index (χ3n) is 15.1. The SMILES string of the molecule is FC(F)CN1CCNCC1.NC(=O)c1nn(CC(=O)N(CC(=O)NCc2cccc(Cl)c2F)C2CC2)c2ccc(NC(=O)N3CCN(CC(F)F)CC3)cc12.[N-]=[N+]=NC(=O)c1ccc2c(c1)c(C(N)=O)nn2CC(=O)N(CC(=O)NCc1cccc(Cl)c1F)C1CC1. The number of aromatic nitrogens is 4. The molecule has 0 radical (unpaired) electrons. The molecule has 6 aromatic rings. The van der Waals surface area contributed by atoms with Crippen molar-refractivity contribution in [2.75, 3.05) is 83.9 Å². The fourth-order valence-corrected chi connectivity index (χ4v) is 10.5. The molecule has 2 aliphatic heterocycles. The number of hydrogen-bond acceptors (Lipinski definition) is 13. The number of hydrogen-bond donors (Lipinski definition) is 6. The summed E-state index contributed by atoms with van der Waals surface area (Å²) in [7, 11) is 0. The van der Waals surface area contributed by atoms with E-state index in [0.29, 0.717) is 35.2 Å². The van der Waals surface area contributed by atoms with Gasteiger partial charge in [0.1, 0.15) is 24.7 Å². The number of anilines is 1. The van der Waals surface area contributed by atoms with Crippen LogP contribution in [-0.4, -0.2) is 195 Å². The predicted molar refractivity (Wildman–Crippen MR) is 324 cm³/mol. The summed E-state index contributed by atoms with van der Waals surface area (Å²) in [5.41, 5.74) is 20.8. The minimum absolute atomic E-state index is 0.0195. The van der Waals surface area contributed by atoms with E-state index in [1.807, 2.05) is 0 Å². The van der Waals surface area contributed by atoms with Crippen LogP contribution in [0.5, 0.6) is 0 Å². The number of urea groups is 1. The Balaban J connectivity index is 0.000000208. The first-order chi connectivity index (χ1) is 44.0. The summed E-state index contributed by atoms with van der Waals surface area (Å²) in [4.78, 5) is 111. The monoisotopic (exact) mass is 1320 g/mol. The first-order valence-corrected chi connectivity index (χ1v) is 29.7. The van der Waals surface area contributed by atoms with E-state index in [4.69, 9.17) is 40.2 Å². The molecular formula is C58H64Cl2F6N18O8. The van der Waals surface area contributed by atoms with Crippen LogP contribution in [-0.2, 0) is 45.4 Å². The number of amides is 9. The van der Waals surface area contributed by atoms with E-state index in [1.54, 1.807) is 34.1 Å². The van der Waals surface area contributed by atoms with Crippen molar-refractivity contribution in [3.63, 3.8) is 0 Å². The number of benzene rings is 4. The molecule has 2 aromatic heterocycles. The lowest BCUT2D eigenvalue weighted by Crippen LogP contribution is -2.50. The molecule has 26 nitrogen and oxygen atoms in total. The molecule has 0 spiro atoms. The molecule has 4 aliphatic rings. The summed E-state index contributed by atoms with van der Waals surface area (Å²) in [6, 6.07) is 17.1. The maximum absolute atomic E-state index is 14.2. The van der Waals surface area contributed by atoms with Gasteiger partial charge in [0, 0.05) is 116 Å². The zero-order chi connectivity index (χ0) is 66.3. The number of azide groups is 1. The first-order valence-electron chi connectivity index (χ1n) is 28.9. The number of primary amides is 2. The van der Waals surface area contributed by atoms with Gasteiger partial charge >= 0.3 is 6.03 Å². The Kier molecular flexibility index (Phi) is 23.8. The zero-order valence-electron chi connectivity index (χ0n) is 49.2. The van der Waals surface area contributed by atoms with E-state index >= 15 is 0 Å². The number of rotatable bonds is 22. The van der Waals surface area contributed by atoms with Gasteiger partial charge in [0.05, 0.1) is 47.3 Å². The van der Waals surface area contributed by atoms with Crippen LogP contribution in [0.2, 0.25) is 10.0 Å². The van der Waals surface area contributed by atoms with Crippen molar-refractivity contribution in [3.05, 3.63) is 133 Å². The summed E-state index contributed by atoms with van der Waals surface area (Å²) < 4.78 is 79.7. The molecular weight excluding hydrogens is 1260 g/mol. The molecule has 4 fully saturated rings. The van der Waals surface area contributed by atoms with Gasteiger partial charge in [0.25, 0.3) is 24.7 Å². The predicted octanol–water partition coefficient (Wildman–Crippen LogP) is 5.49. The number of alkyl halides is 4. The van der Waals surface area contributed by atoms with Crippen LogP contribution >= 0.6 is 23.2 Å². The molecule has 2 aliphatic carbocycles. The van der Waals surface area contributed by atoms with Gasteiger partial charge in [-0.2, -0.15) is 10.2 Å². The maximum atomic E-state index is 14.2. The van der Waals surface area contributed by atoms with E-state index in [9.17, 15) is 64.7 Å². The van der Waals surface area contributed by atoms with Gasteiger partial charge in [-0.15, -0.1) is 0 Å². The Labute approximate surface area is 531 Å². The second-order valence-electron chi connectivity index (χ2n) is 21.7. The molecule has 2 saturated heterocycles. The fourth-order valence-electron chi connectivity index (χ4n) is 10.1. The highest BCUT2D eigenvalue weighted by Crippen LogP contribution is 2.30. The Morgan fingerprint density at radius 2 is 1.11 bits per heavy atom. The van der Waals surface area contributed by atoms with Crippen LogP contribution in [0, 0.1) is 11.6 Å². The lowest BCUT2D eigenvalue weighted by Gasteiger charge is -2.34. The highest BCUT2D eigenvalue weighted by molar-refractivity contribution is 6.31. The summed E-state index contributed by atoms with van der Waals surface area (Å²) in [6.45, 7) is 2.69. The van der Waals surface area contributed by atoms with E-state index in [-0.39, 0.29) is 121 Å². The van der Waals surface area contributed by atoms with Gasteiger partial charge in [0.15, 0.2) is 11.4 Å². The highest BCUT2D eigenvalue weighted by Gasteiger charge is 2.36. The average Bonchev–Trinajstić information content (AvgIpc) is 1.63. The number of nitrogens with one attached hydrogen (secondary N) is 4. The molecule has 2 saturated carbocycles. The second kappa shape index (κ2) is 31.8. The number of carbonyl (C=O) groups excluding carboxylic acids is 8. The van der Waals surface area contributed by atoms with Gasteiger partial charge in [-0.25, -0.2) is 31.1 Å². The summed E-state index contributed by atoms with van der Waals surface area (Å²) in [5, 5.41) is 22.9. The number of nitrogens with zero attached hydrogens (tertiary/aromatic N) is 12. The van der Waals surface area contributed by atoms with Crippen LogP contribution in [0.1, 0.15) is 68.1 Å². The molecule has 4 aromatic carbocycles. The summed E-state index contributed by atoms with van der Waals surface area (Å²) in [5.74, 6) is -5.62. The van der Waals surface area contributed by atoms with Crippen LogP contribution in [0.4, 0.5) is 36.8 Å². The quantitative estimate of drug-likeness (QED) is 0.0212. The minimum atomic E-state index is -2.44. The van der Waals surface area contributed by atoms with Gasteiger partial charge in [0.2, 0.25) is 29.5 Å². The van der Waals surface area contributed by atoms with Gasteiger partial charge in [-0.1, -0.05) is 47.5 Å². The third-order valence-corrected chi connectivity index (χ3v) is 15.7. The Bertz CT molecular complexity index is 3780. The highest BCUT2D eigenvalue weighted by atomic mass is 35.5. The molecule has 0 bridgehead atoms. The molecule has 8 N–H and O–H groups in total. The van der Waals surface area contributed by atoms with E-state index in [1.165, 1.54) is 72.6 Å². The molecule has 10 rings (SSSR count). The van der Waals surface area contributed by atoms with E-state index < -0.39 is 71.9 Å². The minimum Gasteiger partial charge on any atom is -0.364 e. The molecule has 92 heavy (non-hydrogen) atoms. The van der Waals surface area contributed by atoms with Crippen LogP contribution in [0.15, 0.2) is 77.9 Å². The fraction of sp³-hybridized carbons (Fsp3) is 0.414. The van der Waals surface area contributed by atoms with Crippen molar-refractivity contribution < 1.29 is 64.7 Å². The smallest absolute Gasteiger partial charge is 0.321 e. The van der Waals surface area contributed by atoms with Crippen molar-refractivity contribution >= 4 is 98.1 Å². The van der Waals surface area contributed by atoms with Crippen LogP contribution in [0.3, 0.4) is 0 Å². The molecule has 34 heteroatoms. The number of fused-ring (bicyclic) bond motifs is 2. The first kappa shape index (κ1) is 68.8. The van der Waals surface area contributed by atoms with Crippen molar-refractivity contribution in [2.45, 2.75) is 76.8 Å². The van der Waals surface area contributed by atoms with Gasteiger partial charge < -0.3 is 47.4 Å². The third kappa shape index (κ3) is 18.8. The molecule has 9 amide bonds. The Morgan fingerprint density at radius 1 is 0.652 bits per heavy atom. The largest absolute Gasteiger partial charge is 0.364 e. The molecule has 490 valence electrons. The average molecular weight is 1330 g/mol. The van der Waals surface area contributed by atoms with Crippen molar-refractivity contribution in [3.8, 4) is 0 Å². The normalized spacial score (nSPS) is 15.0. The lowest BCUT2D eigenvalue weighted by atomic mass is 10.1. The number of piperazine rings is 2. The molecule has 4 heterocycles. The van der Waals surface area contributed by atoms with Gasteiger partial charge in [-0.3, -0.25) is 52.7 Å². The van der Waals surface area contributed by atoms with Crippen LogP contribution < -0.4 is 32.7 Å². The van der Waals surface area contributed by atoms with Crippen molar-refractivity contribution in [1.82, 2.24) is 60.0 Å². The molecule has 0 unspecified atom stereocenters.